The fourth-order valence-electron chi connectivity index (χ4n) is 5.13. The van der Waals surface area contributed by atoms with Gasteiger partial charge in [0.05, 0.1) is 12.1 Å². The van der Waals surface area contributed by atoms with Crippen LogP contribution < -0.4 is 10.2 Å². The molecule has 2 aliphatic heterocycles. The van der Waals surface area contributed by atoms with Crippen LogP contribution in [0.1, 0.15) is 44.1 Å². The number of carbonyl (C=O) groups excluding carboxylic acids is 2. The number of carboxylic acids is 1. The fourth-order valence-corrected chi connectivity index (χ4v) is 5.97. The zero-order chi connectivity index (χ0) is 29.3. The number of nitrogens with one attached hydrogen (secondary N) is 1. The second kappa shape index (κ2) is 11.6. The van der Waals surface area contributed by atoms with E-state index in [9.17, 15) is 22.8 Å². The molecule has 0 radical (unpaired) electrons. The molecule has 1 aliphatic carbocycles. The number of likely N-dealkylation sites (tertiary alicyclic amines) is 1. The highest BCUT2D eigenvalue weighted by molar-refractivity contribution is 7.09. The number of hydrogen-bond acceptors (Lipinski definition) is 7. The third-order valence-corrected chi connectivity index (χ3v) is 8.04. The van der Waals surface area contributed by atoms with Crippen LogP contribution in [0.3, 0.4) is 0 Å². The van der Waals surface area contributed by atoms with Crippen LogP contribution >= 0.6 is 22.9 Å². The van der Waals surface area contributed by atoms with Crippen molar-refractivity contribution in [3.63, 3.8) is 0 Å². The second-order valence-corrected chi connectivity index (χ2v) is 11.1. The molecule has 1 amide bonds. The van der Waals surface area contributed by atoms with E-state index in [2.05, 4.69) is 15.2 Å². The van der Waals surface area contributed by atoms with Gasteiger partial charge in [-0.3, -0.25) is 19.4 Å². The molecule has 2 bridgehead atoms. The summed E-state index contributed by atoms with van der Waals surface area (Å²) in [6, 6.07) is 10.6. The molecule has 1 unspecified atom stereocenters. The molecule has 2 aromatic carbocycles. The van der Waals surface area contributed by atoms with E-state index in [4.69, 9.17) is 21.5 Å². The lowest BCUT2D eigenvalue weighted by molar-refractivity contribution is -0.192. The van der Waals surface area contributed by atoms with E-state index in [0.29, 0.717) is 21.8 Å². The highest BCUT2D eigenvalue weighted by atomic mass is 35.5. The molecule has 1 atom stereocenters. The lowest BCUT2D eigenvalue weighted by atomic mass is 9.82. The Hall–Kier alpha value is -3.74. The van der Waals surface area contributed by atoms with E-state index in [-0.39, 0.29) is 17.7 Å². The Morgan fingerprint density at radius 3 is 2.51 bits per heavy atom. The van der Waals surface area contributed by atoms with Gasteiger partial charge in [-0.05, 0) is 42.7 Å². The Labute approximate surface area is 242 Å². The SMILES string of the molecule is O=C(O)C(F)(F)F.O=C1c2c3ccc(NC4CCN(Cc5nccs5)CC4)c2C(=O)N(c2cccc(Cl)c2)C1C=C3. The first-order valence-electron chi connectivity index (χ1n) is 12.7. The number of benzene rings is 2. The third kappa shape index (κ3) is 6.14. The van der Waals surface area contributed by atoms with Gasteiger partial charge in [-0.2, -0.15) is 13.2 Å². The number of aliphatic carboxylic acids is 1. The van der Waals surface area contributed by atoms with Crippen LogP contribution in [-0.4, -0.2) is 64.0 Å². The van der Waals surface area contributed by atoms with E-state index >= 15 is 0 Å². The molecule has 0 spiro atoms. The van der Waals surface area contributed by atoms with E-state index in [1.807, 2.05) is 35.9 Å². The largest absolute Gasteiger partial charge is 0.490 e. The van der Waals surface area contributed by atoms with Crippen LogP contribution in [0.5, 0.6) is 0 Å². The van der Waals surface area contributed by atoms with Crippen molar-refractivity contribution in [2.45, 2.75) is 37.6 Å². The van der Waals surface area contributed by atoms with Gasteiger partial charge in [-0.15, -0.1) is 11.3 Å². The zero-order valence-electron chi connectivity index (χ0n) is 21.4. The van der Waals surface area contributed by atoms with E-state index in [0.717, 1.165) is 48.7 Å². The van der Waals surface area contributed by atoms with Gasteiger partial charge in [0.25, 0.3) is 5.91 Å². The van der Waals surface area contributed by atoms with E-state index in [1.54, 1.807) is 40.5 Å². The summed E-state index contributed by atoms with van der Waals surface area (Å²) in [4.78, 5) is 44.5. The predicted molar refractivity (Wildman–Crippen MR) is 150 cm³/mol. The molecule has 1 fully saturated rings. The number of rotatable bonds is 5. The van der Waals surface area contributed by atoms with Crippen LogP contribution in [0.2, 0.25) is 5.02 Å². The molecule has 3 heterocycles. The van der Waals surface area contributed by atoms with Gasteiger partial charge in [0.2, 0.25) is 0 Å². The normalized spacial score (nSPS) is 18.6. The molecular formula is C28H24ClF3N4O4S. The second-order valence-electron chi connectivity index (χ2n) is 9.70. The van der Waals surface area contributed by atoms with Gasteiger partial charge in [0.1, 0.15) is 11.0 Å². The quantitative estimate of drug-likeness (QED) is 0.383. The summed E-state index contributed by atoms with van der Waals surface area (Å²) in [6.07, 6.45) is 2.43. The number of thiazole rings is 1. The maximum absolute atomic E-state index is 13.8. The highest BCUT2D eigenvalue weighted by Crippen LogP contribution is 2.39. The Balaban J connectivity index is 0.000000431. The van der Waals surface area contributed by atoms with Crippen molar-refractivity contribution < 1.29 is 32.7 Å². The molecular weight excluding hydrogens is 581 g/mol. The summed E-state index contributed by atoms with van der Waals surface area (Å²) in [6.45, 7) is 2.80. The molecule has 0 saturated carbocycles. The van der Waals surface area contributed by atoms with Crippen LogP contribution in [-0.2, 0) is 11.3 Å². The minimum absolute atomic E-state index is 0.0472. The number of ketones is 1. The minimum Gasteiger partial charge on any atom is -0.475 e. The Kier molecular flexibility index (Phi) is 8.16. The average molecular weight is 605 g/mol. The third-order valence-electron chi connectivity index (χ3n) is 7.04. The number of Topliss-reactive ketones (excluding diaryl/α,β-unsaturated/α-hetero) is 1. The van der Waals surface area contributed by atoms with Crippen LogP contribution in [0, 0.1) is 0 Å². The Morgan fingerprint density at radius 2 is 1.88 bits per heavy atom. The fraction of sp³-hybridized carbons (Fsp3) is 0.286. The highest BCUT2D eigenvalue weighted by Gasteiger charge is 2.43. The lowest BCUT2D eigenvalue weighted by Gasteiger charge is -2.38. The number of halogens is 4. The molecule has 2 N–H and O–H groups in total. The molecule has 1 aromatic heterocycles. The number of amides is 1. The number of fused-ring (bicyclic) bond motifs is 1. The zero-order valence-corrected chi connectivity index (χ0v) is 23.0. The number of anilines is 2. The summed E-state index contributed by atoms with van der Waals surface area (Å²) in [7, 11) is 0. The van der Waals surface area contributed by atoms with Gasteiger partial charge >= 0.3 is 12.1 Å². The van der Waals surface area contributed by atoms with Gasteiger partial charge in [0, 0.05) is 52.7 Å². The van der Waals surface area contributed by atoms with Crippen LogP contribution in [0.25, 0.3) is 6.08 Å². The van der Waals surface area contributed by atoms with Gasteiger partial charge in [-0.1, -0.05) is 35.9 Å². The number of carbonyl (C=O) groups is 3. The van der Waals surface area contributed by atoms with Crippen molar-refractivity contribution in [2.24, 2.45) is 0 Å². The number of alkyl halides is 3. The maximum atomic E-state index is 13.8. The number of aromatic nitrogens is 1. The number of carboxylic acid groups (broad SMARTS) is 1. The predicted octanol–water partition coefficient (Wildman–Crippen LogP) is 5.74. The summed E-state index contributed by atoms with van der Waals surface area (Å²) < 4.78 is 31.7. The van der Waals surface area contributed by atoms with Crippen molar-refractivity contribution in [3.05, 3.63) is 80.8 Å². The van der Waals surface area contributed by atoms with Crippen molar-refractivity contribution in [1.82, 2.24) is 9.88 Å². The maximum Gasteiger partial charge on any atom is 0.490 e. The number of piperidine rings is 1. The smallest absolute Gasteiger partial charge is 0.475 e. The molecule has 13 heteroatoms. The molecule has 3 aliphatic rings. The van der Waals surface area contributed by atoms with Crippen LogP contribution in [0.15, 0.2) is 54.1 Å². The van der Waals surface area contributed by atoms with Crippen molar-refractivity contribution in [1.29, 1.82) is 0 Å². The molecule has 1 saturated heterocycles. The van der Waals surface area contributed by atoms with E-state index in [1.165, 1.54) is 0 Å². The van der Waals surface area contributed by atoms with Gasteiger partial charge in [-0.25, -0.2) is 9.78 Å². The first kappa shape index (κ1) is 28.8. The molecule has 41 heavy (non-hydrogen) atoms. The summed E-state index contributed by atoms with van der Waals surface area (Å²) in [5, 5.41) is 14.4. The monoisotopic (exact) mass is 604 g/mol. The molecule has 6 rings (SSSR count). The van der Waals surface area contributed by atoms with E-state index < -0.39 is 18.2 Å². The average Bonchev–Trinajstić information content (AvgIpc) is 3.43. The molecule has 3 aromatic rings. The summed E-state index contributed by atoms with van der Waals surface area (Å²) >= 11 is 7.89. The topological polar surface area (TPSA) is 103 Å². The first-order chi connectivity index (χ1) is 19.5. The van der Waals surface area contributed by atoms with Crippen LogP contribution in [0.4, 0.5) is 24.5 Å². The summed E-state index contributed by atoms with van der Waals surface area (Å²) in [5.74, 6) is -2.97. The molecule has 214 valence electrons. The Morgan fingerprint density at radius 1 is 1.15 bits per heavy atom. The van der Waals surface area contributed by atoms with Crippen molar-refractivity contribution >= 4 is 58.0 Å². The van der Waals surface area contributed by atoms with Crippen molar-refractivity contribution in [2.75, 3.05) is 23.3 Å². The first-order valence-corrected chi connectivity index (χ1v) is 13.9. The molecule has 8 nitrogen and oxygen atoms in total. The van der Waals surface area contributed by atoms with Gasteiger partial charge < -0.3 is 10.4 Å². The standard InChI is InChI=1S/C26H23ClN4O2S.C2HF3O2/c27-17-2-1-3-19(14-17)31-21-7-5-16-4-6-20(24(26(31)33)23(16)25(21)32)29-18-8-11-30(12-9-18)15-22-28-10-13-34-22;3-2(4,5)1(6)7/h1-7,10,13-14,18,21,29H,8-9,11-12,15H2;(H,6,7). The Bertz CT molecular complexity index is 1500. The lowest BCUT2D eigenvalue weighted by Crippen LogP contribution is -2.51. The number of nitrogens with zero attached hydrogens (tertiary/aromatic N) is 3. The summed E-state index contributed by atoms with van der Waals surface area (Å²) in [5.41, 5.74) is 3.16. The van der Waals surface area contributed by atoms with Gasteiger partial charge in [0.15, 0.2) is 5.78 Å². The van der Waals surface area contributed by atoms with Crippen molar-refractivity contribution in [3.8, 4) is 0 Å². The number of hydrogen-bond donors (Lipinski definition) is 2. The minimum atomic E-state index is -5.08.